The van der Waals surface area contributed by atoms with E-state index in [9.17, 15) is 9.59 Å². The second kappa shape index (κ2) is 7.69. The van der Waals surface area contributed by atoms with Gasteiger partial charge in [0.05, 0.1) is 0 Å². The maximum absolute atomic E-state index is 13.0. The number of carbonyl (C=O) groups excluding carboxylic acids is 2. The van der Waals surface area contributed by atoms with Crippen LogP contribution in [0.3, 0.4) is 0 Å². The molecule has 1 N–H and O–H groups in total. The molecular weight excluding hydrogens is 304 g/mol. The third-order valence-corrected chi connectivity index (χ3v) is 4.14. The van der Waals surface area contributed by atoms with Crippen molar-refractivity contribution in [3.63, 3.8) is 0 Å². The normalized spacial score (nSPS) is 17.2. The Kier molecular flexibility index (Phi) is 5.86. The molecule has 1 aromatic carbocycles. The van der Waals surface area contributed by atoms with Crippen LogP contribution in [0.15, 0.2) is 30.3 Å². The van der Waals surface area contributed by atoms with Crippen LogP contribution in [0, 0.1) is 5.92 Å². The third kappa shape index (κ3) is 5.25. The first kappa shape index (κ1) is 18.3. The number of benzene rings is 1. The fraction of sp³-hybridized carbons (Fsp3) is 0.579. The lowest BCUT2D eigenvalue weighted by Gasteiger charge is -2.33. The van der Waals surface area contributed by atoms with Crippen molar-refractivity contribution in [2.75, 3.05) is 13.1 Å². The molecule has 1 unspecified atom stereocenters. The lowest BCUT2D eigenvalue weighted by molar-refractivity contribution is -0.135. The number of alkyl carbamates (subject to hydrolysis) is 1. The molecule has 5 nitrogen and oxygen atoms in total. The van der Waals surface area contributed by atoms with Gasteiger partial charge >= 0.3 is 6.09 Å². The highest BCUT2D eigenvalue weighted by molar-refractivity contribution is 5.87. The van der Waals surface area contributed by atoms with Gasteiger partial charge < -0.3 is 15.0 Å². The van der Waals surface area contributed by atoms with Gasteiger partial charge in [-0.2, -0.15) is 0 Å². The Balaban J connectivity index is 2.14. The number of carbonyl (C=O) groups is 2. The minimum Gasteiger partial charge on any atom is -0.444 e. The molecule has 132 valence electrons. The van der Waals surface area contributed by atoms with Crippen LogP contribution in [0.5, 0.6) is 0 Å². The Morgan fingerprint density at radius 1 is 1.17 bits per heavy atom. The van der Waals surface area contributed by atoms with Crippen LogP contribution in [0.4, 0.5) is 4.79 Å². The molecule has 0 spiro atoms. The van der Waals surface area contributed by atoms with E-state index in [2.05, 4.69) is 12.2 Å². The zero-order chi connectivity index (χ0) is 17.7. The Labute approximate surface area is 144 Å². The van der Waals surface area contributed by atoms with Crippen molar-refractivity contribution in [2.24, 2.45) is 5.92 Å². The van der Waals surface area contributed by atoms with Gasteiger partial charge in [0, 0.05) is 13.1 Å². The molecule has 1 aliphatic rings. The third-order valence-electron chi connectivity index (χ3n) is 4.14. The number of hydrogen-bond donors (Lipinski definition) is 1. The first-order valence-electron chi connectivity index (χ1n) is 8.59. The quantitative estimate of drug-likeness (QED) is 0.921. The molecule has 1 atom stereocenters. The number of nitrogens with zero attached hydrogens (tertiary/aromatic N) is 1. The molecule has 2 amide bonds. The molecule has 1 aliphatic heterocycles. The van der Waals surface area contributed by atoms with Crippen LogP contribution in [0.1, 0.15) is 52.1 Å². The van der Waals surface area contributed by atoms with E-state index >= 15 is 0 Å². The topological polar surface area (TPSA) is 58.6 Å². The number of nitrogens with one attached hydrogen (secondary N) is 1. The van der Waals surface area contributed by atoms with E-state index in [4.69, 9.17) is 4.74 Å². The van der Waals surface area contributed by atoms with Crippen LogP contribution < -0.4 is 5.32 Å². The summed E-state index contributed by atoms with van der Waals surface area (Å²) in [6.07, 6.45) is 1.43. The highest BCUT2D eigenvalue weighted by Gasteiger charge is 2.30. The number of likely N-dealkylation sites (tertiary alicyclic amines) is 1. The van der Waals surface area contributed by atoms with Gasteiger partial charge in [0.25, 0.3) is 0 Å². The maximum atomic E-state index is 13.0. The fourth-order valence-electron chi connectivity index (χ4n) is 2.77. The zero-order valence-electron chi connectivity index (χ0n) is 15.0. The number of ether oxygens (including phenoxy) is 1. The van der Waals surface area contributed by atoms with Crippen LogP contribution in [-0.4, -0.2) is 35.6 Å². The Hall–Kier alpha value is -2.04. The summed E-state index contributed by atoms with van der Waals surface area (Å²) in [7, 11) is 0. The molecule has 24 heavy (non-hydrogen) atoms. The second-order valence-electron chi connectivity index (χ2n) is 7.50. The summed E-state index contributed by atoms with van der Waals surface area (Å²) in [4.78, 5) is 27.0. The van der Waals surface area contributed by atoms with E-state index in [-0.39, 0.29) is 5.91 Å². The lowest BCUT2D eigenvalue weighted by Crippen LogP contribution is -2.46. The molecule has 1 heterocycles. The standard InChI is InChI=1S/C19H28N2O3/c1-14-10-12-21(13-11-14)17(22)16(15-8-6-5-7-9-15)20-18(23)24-19(2,3)4/h5-9,14,16H,10-13H2,1-4H3,(H,20,23). The molecule has 0 aromatic heterocycles. The van der Waals surface area contributed by atoms with Crippen molar-refractivity contribution < 1.29 is 14.3 Å². The van der Waals surface area contributed by atoms with E-state index in [1.54, 1.807) is 20.8 Å². The average Bonchev–Trinajstić information content (AvgIpc) is 2.52. The lowest BCUT2D eigenvalue weighted by atomic mass is 9.97. The number of amides is 2. The van der Waals surface area contributed by atoms with Gasteiger partial charge in [-0.3, -0.25) is 4.79 Å². The van der Waals surface area contributed by atoms with Crippen molar-refractivity contribution in [2.45, 2.75) is 52.2 Å². The molecule has 1 aromatic rings. The van der Waals surface area contributed by atoms with E-state index in [0.29, 0.717) is 5.92 Å². The minimum atomic E-state index is -0.713. The Morgan fingerprint density at radius 2 is 1.75 bits per heavy atom. The van der Waals surface area contributed by atoms with Gasteiger partial charge in [-0.05, 0) is 45.1 Å². The summed E-state index contributed by atoms with van der Waals surface area (Å²) < 4.78 is 5.32. The SMILES string of the molecule is CC1CCN(C(=O)C(NC(=O)OC(C)(C)C)c2ccccc2)CC1. The molecular formula is C19H28N2O3. The van der Waals surface area contributed by atoms with Gasteiger partial charge in [0.1, 0.15) is 11.6 Å². The smallest absolute Gasteiger partial charge is 0.408 e. The summed E-state index contributed by atoms with van der Waals surface area (Å²) in [6, 6.07) is 8.62. The van der Waals surface area contributed by atoms with Crippen molar-refractivity contribution in [1.82, 2.24) is 10.2 Å². The van der Waals surface area contributed by atoms with E-state index in [0.717, 1.165) is 31.5 Å². The molecule has 0 aliphatic carbocycles. The first-order valence-corrected chi connectivity index (χ1v) is 8.59. The minimum absolute atomic E-state index is 0.0704. The predicted molar refractivity (Wildman–Crippen MR) is 93.5 cm³/mol. The molecule has 1 fully saturated rings. The van der Waals surface area contributed by atoms with Crippen molar-refractivity contribution in [3.05, 3.63) is 35.9 Å². The van der Waals surface area contributed by atoms with Gasteiger partial charge in [0.15, 0.2) is 0 Å². The summed E-state index contributed by atoms with van der Waals surface area (Å²) in [5.74, 6) is 0.571. The molecule has 0 bridgehead atoms. The van der Waals surface area contributed by atoms with Crippen molar-refractivity contribution >= 4 is 12.0 Å². The molecule has 2 rings (SSSR count). The van der Waals surface area contributed by atoms with E-state index in [1.807, 2.05) is 35.2 Å². The average molecular weight is 332 g/mol. The Morgan fingerprint density at radius 3 is 2.29 bits per heavy atom. The van der Waals surface area contributed by atoms with Crippen LogP contribution in [-0.2, 0) is 9.53 Å². The molecule has 0 saturated carbocycles. The molecule has 5 heteroatoms. The van der Waals surface area contributed by atoms with Gasteiger partial charge in [-0.1, -0.05) is 37.3 Å². The molecule has 0 radical (unpaired) electrons. The zero-order valence-corrected chi connectivity index (χ0v) is 15.0. The summed E-state index contributed by atoms with van der Waals surface area (Å²) in [5, 5.41) is 2.75. The number of hydrogen-bond acceptors (Lipinski definition) is 3. The summed E-state index contributed by atoms with van der Waals surface area (Å²) in [5.41, 5.74) is 0.168. The Bertz CT molecular complexity index is 558. The van der Waals surface area contributed by atoms with E-state index in [1.165, 1.54) is 0 Å². The first-order chi connectivity index (χ1) is 11.3. The van der Waals surface area contributed by atoms with Crippen molar-refractivity contribution in [3.8, 4) is 0 Å². The fourth-order valence-corrected chi connectivity index (χ4v) is 2.77. The summed E-state index contributed by atoms with van der Waals surface area (Å²) >= 11 is 0. The molecule has 1 saturated heterocycles. The van der Waals surface area contributed by atoms with E-state index < -0.39 is 17.7 Å². The highest BCUT2D eigenvalue weighted by atomic mass is 16.6. The van der Waals surface area contributed by atoms with Crippen LogP contribution in [0.25, 0.3) is 0 Å². The van der Waals surface area contributed by atoms with Gasteiger partial charge in [0.2, 0.25) is 5.91 Å². The monoisotopic (exact) mass is 332 g/mol. The number of rotatable bonds is 3. The van der Waals surface area contributed by atoms with Gasteiger partial charge in [-0.25, -0.2) is 4.79 Å². The second-order valence-corrected chi connectivity index (χ2v) is 7.50. The highest BCUT2D eigenvalue weighted by Crippen LogP contribution is 2.22. The van der Waals surface area contributed by atoms with Crippen LogP contribution in [0.2, 0.25) is 0 Å². The maximum Gasteiger partial charge on any atom is 0.408 e. The predicted octanol–water partition coefficient (Wildman–Crippen LogP) is 3.51. The number of piperidine rings is 1. The van der Waals surface area contributed by atoms with Crippen molar-refractivity contribution in [1.29, 1.82) is 0 Å². The van der Waals surface area contributed by atoms with Crippen LogP contribution >= 0.6 is 0 Å². The van der Waals surface area contributed by atoms with Gasteiger partial charge in [-0.15, -0.1) is 0 Å². The summed E-state index contributed by atoms with van der Waals surface area (Å²) in [6.45, 7) is 9.09. The largest absolute Gasteiger partial charge is 0.444 e.